The second-order valence-corrected chi connectivity index (χ2v) is 6.20. The molecule has 1 amide bonds. The highest BCUT2D eigenvalue weighted by molar-refractivity contribution is 7.18. The van der Waals surface area contributed by atoms with Crippen LogP contribution >= 0.6 is 11.3 Å². The van der Waals surface area contributed by atoms with E-state index in [9.17, 15) is 14.9 Å². The molecule has 0 spiro atoms. The first-order valence-electron chi connectivity index (χ1n) is 7.38. The van der Waals surface area contributed by atoms with Gasteiger partial charge in [-0.1, -0.05) is 0 Å². The van der Waals surface area contributed by atoms with Gasteiger partial charge in [0, 0.05) is 5.56 Å². The van der Waals surface area contributed by atoms with E-state index in [2.05, 4.69) is 5.32 Å². The Morgan fingerprint density at radius 3 is 2.68 bits per heavy atom. The van der Waals surface area contributed by atoms with Gasteiger partial charge in [0.25, 0.3) is 5.91 Å². The summed E-state index contributed by atoms with van der Waals surface area (Å²) in [6, 6.07) is 6.86. The number of esters is 1. The van der Waals surface area contributed by atoms with Gasteiger partial charge in [-0.05, 0) is 30.7 Å². The second-order valence-electron chi connectivity index (χ2n) is 5.18. The van der Waals surface area contributed by atoms with E-state index in [-0.39, 0.29) is 10.4 Å². The van der Waals surface area contributed by atoms with Crippen LogP contribution in [0.15, 0.2) is 18.2 Å². The summed E-state index contributed by atoms with van der Waals surface area (Å²) in [5, 5.41) is 12.3. The summed E-state index contributed by atoms with van der Waals surface area (Å²) in [5.41, 5.74) is 1.09. The fraction of sp³-hybridized carbons (Fsp3) is 0.235. The molecular weight excluding hydrogens is 344 g/mol. The Morgan fingerprint density at radius 1 is 1.28 bits per heavy atom. The molecule has 0 saturated heterocycles. The first kappa shape index (κ1) is 16.8. The minimum absolute atomic E-state index is 0.247. The Morgan fingerprint density at radius 2 is 2.00 bits per heavy atom. The number of nitriles is 1. The van der Waals surface area contributed by atoms with Crippen LogP contribution in [0.4, 0.5) is 5.00 Å². The number of fused-ring (bicyclic) bond motifs is 1. The number of carbonyl (C=O) groups excluding carboxylic acids is 2. The number of hydrogen-bond donors (Lipinski definition) is 1. The van der Waals surface area contributed by atoms with Crippen LogP contribution in [-0.2, 0) is 4.74 Å². The van der Waals surface area contributed by atoms with Crippen molar-refractivity contribution in [3.05, 3.63) is 39.8 Å². The summed E-state index contributed by atoms with van der Waals surface area (Å²) in [6.07, 6.45) is 0. The first-order chi connectivity index (χ1) is 12.0. The highest BCUT2D eigenvalue weighted by Gasteiger charge is 2.23. The van der Waals surface area contributed by atoms with Crippen LogP contribution in [-0.4, -0.2) is 32.2 Å². The Labute approximate surface area is 147 Å². The summed E-state index contributed by atoms with van der Waals surface area (Å²) < 4.78 is 15.6. The van der Waals surface area contributed by atoms with Crippen molar-refractivity contribution in [2.45, 2.75) is 6.92 Å². The molecule has 0 radical (unpaired) electrons. The van der Waals surface area contributed by atoms with E-state index in [0.717, 1.165) is 11.3 Å². The fourth-order valence-corrected chi connectivity index (χ4v) is 3.45. The van der Waals surface area contributed by atoms with Crippen LogP contribution < -0.4 is 14.8 Å². The zero-order valence-electron chi connectivity index (χ0n) is 13.5. The van der Waals surface area contributed by atoms with Gasteiger partial charge < -0.3 is 19.5 Å². The molecule has 0 bridgehead atoms. The molecule has 2 aromatic rings. The minimum atomic E-state index is -0.543. The van der Waals surface area contributed by atoms with Crippen LogP contribution in [0, 0.1) is 18.3 Å². The summed E-state index contributed by atoms with van der Waals surface area (Å²) in [6.45, 7) is 2.53. The Bertz CT molecular complexity index is 897. The maximum atomic E-state index is 12.5. The third-order valence-electron chi connectivity index (χ3n) is 3.66. The van der Waals surface area contributed by atoms with Gasteiger partial charge in [0.05, 0.1) is 12.7 Å². The number of hydrogen-bond acceptors (Lipinski definition) is 7. The normalized spacial score (nSPS) is 12.2. The molecule has 0 unspecified atom stereocenters. The lowest BCUT2D eigenvalue weighted by Gasteiger charge is -2.18. The van der Waals surface area contributed by atoms with Crippen molar-refractivity contribution in [3.63, 3.8) is 0 Å². The van der Waals surface area contributed by atoms with Gasteiger partial charge in [0.15, 0.2) is 11.5 Å². The number of thiophene rings is 1. The summed E-state index contributed by atoms with van der Waals surface area (Å²) in [4.78, 5) is 24.6. The van der Waals surface area contributed by atoms with Crippen LogP contribution in [0.5, 0.6) is 11.5 Å². The van der Waals surface area contributed by atoms with Crippen molar-refractivity contribution in [2.75, 3.05) is 25.6 Å². The zero-order valence-corrected chi connectivity index (χ0v) is 14.4. The lowest BCUT2D eigenvalue weighted by molar-refractivity contribution is 0.0605. The third kappa shape index (κ3) is 3.14. The molecule has 1 N–H and O–H groups in total. The van der Waals surface area contributed by atoms with Crippen molar-refractivity contribution >= 4 is 28.2 Å². The number of benzene rings is 1. The van der Waals surface area contributed by atoms with E-state index in [4.69, 9.17) is 14.2 Å². The van der Waals surface area contributed by atoms with E-state index in [1.54, 1.807) is 25.1 Å². The summed E-state index contributed by atoms with van der Waals surface area (Å²) >= 11 is 1.01. The number of carbonyl (C=O) groups is 2. The van der Waals surface area contributed by atoms with Gasteiger partial charge in [-0.15, -0.1) is 11.3 Å². The lowest BCUT2D eigenvalue weighted by atomic mass is 10.1. The lowest BCUT2D eigenvalue weighted by Crippen LogP contribution is -2.17. The quantitative estimate of drug-likeness (QED) is 0.847. The number of nitrogens with zero attached hydrogens (tertiary/aromatic N) is 1. The zero-order chi connectivity index (χ0) is 18.0. The summed E-state index contributed by atoms with van der Waals surface area (Å²) in [5.74, 6) is 0.127. The SMILES string of the molecule is COC(=O)c1sc(NC(=O)c2ccc3c(c2)OCCO3)c(C#N)c1C. The maximum Gasteiger partial charge on any atom is 0.348 e. The molecule has 0 atom stereocenters. The van der Waals surface area contributed by atoms with E-state index in [1.807, 2.05) is 6.07 Å². The number of nitrogens with one attached hydrogen (secondary N) is 1. The Balaban J connectivity index is 1.88. The molecule has 1 aliphatic heterocycles. The molecule has 1 aromatic heterocycles. The van der Waals surface area contributed by atoms with Gasteiger partial charge >= 0.3 is 5.97 Å². The van der Waals surface area contributed by atoms with Gasteiger partial charge in [0.2, 0.25) is 0 Å². The molecule has 1 aromatic carbocycles. The molecule has 7 nitrogen and oxygen atoms in total. The number of ether oxygens (including phenoxy) is 3. The van der Waals surface area contributed by atoms with Crippen molar-refractivity contribution in [1.29, 1.82) is 5.26 Å². The van der Waals surface area contributed by atoms with Crippen molar-refractivity contribution < 1.29 is 23.8 Å². The molecule has 25 heavy (non-hydrogen) atoms. The number of rotatable bonds is 3. The smallest absolute Gasteiger partial charge is 0.348 e. The van der Waals surface area contributed by atoms with Crippen molar-refractivity contribution in [1.82, 2.24) is 0 Å². The highest BCUT2D eigenvalue weighted by Crippen LogP contribution is 2.34. The summed E-state index contributed by atoms with van der Waals surface area (Å²) in [7, 11) is 1.26. The van der Waals surface area contributed by atoms with Gasteiger partial charge in [-0.3, -0.25) is 4.79 Å². The Hall–Kier alpha value is -3.05. The molecule has 2 heterocycles. The van der Waals surface area contributed by atoms with Crippen molar-refractivity contribution in [2.24, 2.45) is 0 Å². The molecule has 128 valence electrons. The standard InChI is InChI=1S/C17H14N2O5S/c1-9-11(8-18)16(25-14(9)17(21)22-2)19-15(20)10-3-4-12-13(7-10)24-6-5-23-12/h3-4,7H,5-6H2,1-2H3,(H,19,20). The van der Waals surface area contributed by atoms with Gasteiger partial charge in [-0.2, -0.15) is 5.26 Å². The van der Waals surface area contributed by atoms with Crippen LogP contribution in [0.25, 0.3) is 0 Å². The largest absolute Gasteiger partial charge is 0.486 e. The number of anilines is 1. The Kier molecular flexibility index (Phi) is 4.59. The van der Waals surface area contributed by atoms with E-state index < -0.39 is 11.9 Å². The van der Waals surface area contributed by atoms with E-state index in [0.29, 0.717) is 40.8 Å². The monoisotopic (exact) mass is 358 g/mol. The predicted molar refractivity (Wildman–Crippen MR) is 90.5 cm³/mol. The topological polar surface area (TPSA) is 97.7 Å². The van der Waals surface area contributed by atoms with Gasteiger partial charge in [-0.25, -0.2) is 4.79 Å². The highest BCUT2D eigenvalue weighted by atomic mass is 32.1. The maximum absolute atomic E-state index is 12.5. The molecule has 3 rings (SSSR count). The second kappa shape index (κ2) is 6.83. The van der Waals surface area contributed by atoms with Crippen LogP contribution in [0.3, 0.4) is 0 Å². The third-order valence-corrected chi connectivity index (χ3v) is 4.85. The van der Waals surface area contributed by atoms with Gasteiger partial charge in [0.1, 0.15) is 29.2 Å². The van der Waals surface area contributed by atoms with Crippen LogP contribution in [0.1, 0.15) is 31.2 Å². The van der Waals surface area contributed by atoms with E-state index >= 15 is 0 Å². The minimum Gasteiger partial charge on any atom is -0.486 e. The predicted octanol–water partition coefficient (Wildman–Crippen LogP) is 2.74. The number of methoxy groups -OCH3 is 1. The average Bonchev–Trinajstić information content (AvgIpc) is 2.95. The van der Waals surface area contributed by atoms with E-state index in [1.165, 1.54) is 7.11 Å². The molecular formula is C17H14N2O5S. The fourth-order valence-electron chi connectivity index (χ4n) is 2.38. The van der Waals surface area contributed by atoms with Crippen molar-refractivity contribution in [3.8, 4) is 17.6 Å². The van der Waals surface area contributed by atoms with Crippen LogP contribution in [0.2, 0.25) is 0 Å². The number of amides is 1. The molecule has 0 aliphatic carbocycles. The molecule has 0 fully saturated rings. The molecule has 1 aliphatic rings. The first-order valence-corrected chi connectivity index (χ1v) is 8.19. The molecule has 0 saturated carbocycles. The average molecular weight is 358 g/mol. The molecule has 8 heteroatoms.